The van der Waals surface area contributed by atoms with Crippen LogP contribution in [0.15, 0.2) is 0 Å². The van der Waals surface area contributed by atoms with Crippen LogP contribution in [-0.4, -0.2) is 74.2 Å². The van der Waals surface area contributed by atoms with E-state index in [1.54, 1.807) is 0 Å². The van der Waals surface area contributed by atoms with Gasteiger partial charge in [0.25, 0.3) is 0 Å². The number of rotatable bonds is 14. The Morgan fingerprint density at radius 2 is 1.43 bits per heavy atom. The molecular weight excluding hydrogens is 484 g/mol. The van der Waals surface area contributed by atoms with Crippen LogP contribution < -0.4 is 11.1 Å². The molecule has 1 amide bonds. The average molecular weight is 531 g/mol. The van der Waals surface area contributed by atoms with E-state index in [1.165, 1.54) is 27.7 Å². The summed E-state index contributed by atoms with van der Waals surface area (Å²) in [5.41, 5.74) is 5.73. The highest BCUT2D eigenvalue weighted by molar-refractivity contribution is 5.73. The Hall–Kier alpha value is -2.24. The molecule has 0 aromatic carbocycles. The molecule has 0 radical (unpaired) electrons. The van der Waals surface area contributed by atoms with Crippen LogP contribution in [0.5, 0.6) is 0 Å². The second-order valence-corrected chi connectivity index (χ2v) is 11.2. The minimum absolute atomic E-state index is 0.0665. The van der Waals surface area contributed by atoms with Crippen LogP contribution in [0.3, 0.4) is 0 Å². The maximum absolute atomic E-state index is 12.0. The number of amides is 1. The van der Waals surface area contributed by atoms with E-state index in [1.807, 2.05) is 0 Å². The molecule has 11 nitrogen and oxygen atoms in total. The van der Waals surface area contributed by atoms with Gasteiger partial charge in [-0.05, 0) is 43.1 Å². The first-order valence-corrected chi connectivity index (χ1v) is 12.8. The van der Waals surface area contributed by atoms with Gasteiger partial charge in [-0.3, -0.25) is 19.2 Å². The van der Waals surface area contributed by atoms with Gasteiger partial charge in [-0.1, -0.05) is 27.7 Å². The molecule has 1 rings (SSSR count). The molecule has 3 N–H and O–H groups in total. The van der Waals surface area contributed by atoms with Gasteiger partial charge in [-0.2, -0.15) is 0 Å². The first-order chi connectivity index (χ1) is 17.1. The molecule has 11 heteroatoms. The van der Waals surface area contributed by atoms with Gasteiger partial charge in [0.2, 0.25) is 5.91 Å². The Labute approximate surface area is 220 Å². The number of nitrogens with two attached hydrogens (primary N) is 1. The van der Waals surface area contributed by atoms with Gasteiger partial charge < -0.3 is 34.7 Å². The van der Waals surface area contributed by atoms with Gasteiger partial charge in [-0.25, -0.2) is 0 Å². The summed E-state index contributed by atoms with van der Waals surface area (Å²) in [7, 11) is 0. The third-order valence-electron chi connectivity index (χ3n) is 6.15. The van der Waals surface area contributed by atoms with Crippen LogP contribution in [0.2, 0.25) is 0 Å². The predicted molar refractivity (Wildman–Crippen MR) is 135 cm³/mol. The van der Waals surface area contributed by atoms with Crippen LogP contribution >= 0.6 is 0 Å². The number of hydrogen-bond donors (Lipinski definition) is 2. The lowest BCUT2D eigenvalue weighted by Crippen LogP contribution is -2.66. The van der Waals surface area contributed by atoms with Crippen LogP contribution in [0.4, 0.5) is 0 Å². The monoisotopic (exact) mass is 530 g/mol. The summed E-state index contributed by atoms with van der Waals surface area (Å²) in [6.07, 6.45) is -0.709. The molecule has 1 saturated heterocycles. The molecule has 214 valence electrons. The van der Waals surface area contributed by atoms with Crippen LogP contribution in [-0.2, 0) is 42.9 Å². The zero-order valence-electron chi connectivity index (χ0n) is 23.6. The minimum atomic E-state index is -1.14. The molecule has 5 atom stereocenters. The summed E-state index contributed by atoms with van der Waals surface area (Å²) in [5.74, 6) is -2.28. The first-order valence-electron chi connectivity index (χ1n) is 12.8. The van der Waals surface area contributed by atoms with Crippen molar-refractivity contribution in [2.75, 3.05) is 19.8 Å². The predicted octanol–water partition coefficient (Wildman–Crippen LogP) is 2.23. The topological polar surface area (TPSA) is 152 Å². The maximum atomic E-state index is 12.0. The normalized spacial score (nSPS) is 24.2. The molecule has 0 bridgehead atoms. The van der Waals surface area contributed by atoms with E-state index in [-0.39, 0.29) is 24.0 Å². The Bertz CT molecular complexity index is 784. The second-order valence-electron chi connectivity index (χ2n) is 11.2. The van der Waals surface area contributed by atoms with Crippen molar-refractivity contribution in [1.82, 2.24) is 5.32 Å². The van der Waals surface area contributed by atoms with E-state index in [9.17, 15) is 19.2 Å². The molecule has 0 spiro atoms. The van der Waals surface area contributed by atoms with Crippen molar-refractivity contribution < 1.29 is 42.9 Å². The van der Waals surface area contributed by atoms with E-state index < -0.39 is 54.5 Å². The summed E-state index contributed by atoms with van der Waals surface area (Å²) in [6.45, 7) is 14.4. The summed E-state index contributed by atoms with van der Waals surface area (Å²) >= 11 is 0. The van der Waals surface area contributed by atoms with E-state index in [0.717, 1.165) is 19.3 Å². The SMILES string of the molecule is CC(=O)NC1C(OCCC(C)(C)CC(C)(C)CCCN)OC(COC(C)=O)C(OC(C)=O)C1OC(C)=O. The summed E-state index contributed by atoms with van der Waals surface area (Å²) in [4.78, 5) is 47.3. The fourth-order valence-electron chi connectivity index (χ4n) is 4.94. The number of ether oxygens (including phenoxy) is 5. The van der Waals surface area contributed by atoms with Crippen molar-refractivity contribution in [2.45, 2.75) is 112 Å². The molecule has 1 aliphatic rings. The summed E-state index contributed by atoms with van der Waals surface area (Å²) < 4.78 is 28.2. The highest BCUT2D eigenvalue weighted by atomic mass is 16.7. The van der Waals surface area contributed by atoms with Crippen molar-refractivity contribution in [1.29, 1.82) is 0 Å². The highest BCUT2D eigenvalue weighted by Crippen LogP contribution is 2.39. The first kappa shape index (κ1) is 32.8. The van der Waals surface area contributed by atoms with Crippen molar-refractivity contribution >= 4 is 23.8 Å². The van der Waals surface area contributed by atoms with Gasteiger partial charge in [0.15, 0.2) is 18.5 Å². The Morgan fingerprint density at radius 3 is 1.95 bits per heavy atom. The van der Waals surface area contributed by atoms with E-state index in [4.69, 9.17) is 29.4 Å². The molecule has 0 aromatic heterocycles. The van der Waals surface area contributed by atoms with Crippen LogP contribution in [0.25, 0.3) is 0 Å². The zero-order chi connectivity index (χ0) is 28.4. The fourth-order valence-corrected chi connectivity index (χ4v) is 4.94. The van der Waals surface area contributed by atoms with Crippen molar-refractivity contribution in [2.24, 2.45) is 16.6 Å². The second kappa shape index (κ2) is 14.6. The largest absolute Gasteiger partial charge is 0.463 e. The van der Waals surface area contributed by atoms with E-state index in [0.29, 0.717) is 13.0 Å². The van der Waals surface area contributed by atoms with Gasteiger partial charge in [0.1, 0.15) is 18.8 Å². The molecule has 1 heterocycles. The third-order valence-corrected chi connectivity index (χ3v) is 6.15. The lowest BCUT2D eigenvalue weighted by molar-refractivity contribution is -0.278. The number of carbonyl (C=O) groups excluding carboxylic acids is 4. The Balaban J connectivity index is 3.13. The quantitative estimate of drug-likeness (QED) is 0.252. The number of hydrogen-bond acceptors (Lipinski definition) is 10. The molecule has 0 aliphatic carbocycles. The van der Waals surface area contributed by atoms with Crippen molar-refractivity contribution in [3.8, 4) is 0 Å². The minimum Gasteiger partial charge on any atom is -0.463 e. The van der Waals surface area contributed by atoms with Gasteiger partial charge in [0.05, 0.1) is 6.61 Å². The highest BCUT2D eigenvalue weighted by Gasteiger charge is 2.51. The average Bonchev–Trinajstić information content (AvgIpc) is 2.73. The van der Waals surface area contributed by atoms with E-state index >= 15 is 0 Å². The molecule has 5 unspecified atom stereocenters. The molecule has 37 heavy (non-hydrogen) atoms. The molecule has 1 aliphatic heterocycles. The lowest BCUT2D eigenvalue weighted by atomic mass is 9.71. The Kier molecular flexibility index (Phi) is 13.0. The number of esters is 3. The molecule has 0 aromatic rings. The Morgan fingerprint density at radius 1 is 0.865 bits per heavy atom. The van der Waals surface area contributed by atoms with Gasteiger partial charge in [-0.15, -0.1) is 0 Å². The molecule has 0 saturated carbocycles. The lowest BCUT2D eigenvalue weighted by Gasteiger charge is -2.45. The standard InChI is InChI=1S/C26H46N2O9/c1-16(29)28-21-23(36-19(4)32)22(35-18(3)31)20(14-34-17(2)30)37-24(21)33-13-11-26(7,8)15-25(5,6)10-9-12-27/h20-24H,9-15,27H2,1-8H3,(H,28,29). The van der Waals surface area contributed by atoms with Crippen molar-refractivity contribution in [3.05, 3.63) is 0 Å². The fraction of sp³-hybridized carbons (Fsp3) is 0.846. The van der Waals surface area contributed by atoms with Crippen LogP contribution in [0.1, 0.15) is 81.1 Å². The molecular formula is C26H46N2O9. The third kappa shape index (κ3) is 12.2. The van der Waals surface area contributed by atoms with Gasteiger partial charge >= 0.3 is 17.9 Å². The number of nitrogens with one attached hydrogen (secondary N) is 1. The zero-order valence-corrected chi connectivity index (χ0v) is 23.6. The summed E-state index contributed by atoms with van der Waals surface area (Å²) in [6, 6.07) is -0.969. The summed E-state index contributed by atoms with van der Waals surface area (Å²) in [5, 5.41) is 2.71. The van der Waals surface area contributed by atoms with E-state index in [2.05, 4.69) is 33.0 Å². The van der Waals surface area contributed by atoms with Gasteiger partial charge in [0, 0.05) is 27.7 Å². The molecule has 1 fully saturated rings. The maximum Gasteiger partial charge on any atom is 0.303 e. The number of carbonyl (C=O) groups is 4. The van der Waals surface area contributed by atoms with Crippen LogP contribution in [0, 0.1) is 10.8 Å². The van der Waals surface area contributed by atoms with Crippen molar-refractivity contribution in [3.63, 3.8) is 0 Å². The smallest absolute Gasteiger partial charge is 0.303 e.